The highest BCUT2D eigenvalue weighted by Gasteiger charge is 2.29. The van der Waals surface area contributed by atoms with E-state index in [9.17, 15) is 9.59 Å². The summed E-state index contributed by atoms with van der Waals surface area (Å²) in [5.74, 6) is 0.126. The molecule has 1 N–H and O–H groups in total. The number of rotatable bonds is 6. The van der Waals surface area contributed by atoms with Gasteiger partial charge in [-0.1, -0.05) is 22.9 Å². The van der Waals surface area contributed by atoms with Gasteiger partial charge in [0.15, 0.2) is 0 Å². The SMILES string of the molecule is COc1cnc(Cl)cc1-c1cc(C)ncc1C(=O)Nc1nnc([C@H]2CC[C@H](C(=O)OC)CC2)s1. The molecule has 1 amide bonds. The Morgan fingerprint density at radius 1 is 1.06 bits per heavy atom. The van der Waals surface area contributed by atoms with Crippen molar-refractivity contribution in [2.75, 3.05) is 19.5 Å². The molecule has 1 fully saturated rings. The Morgan fingerprint density at radius 3 is 2.53 bits per heavy atom. The van der Waals surface area contributed by atoms with Gasteiger partial charge in [0.1, 0.15) is 15.9 Å². The Bertz CT molecular complexity index is 1210. The number of carbonyl (C=O) groups excluding carboxylic acids is 2. The van der Waals surface area contributed by atoms with Crippen molar-refractivity contribution >= 4 is 39.9 Å². The highest BCUT2D eigenvalue weighted by molar-refractivity contribution is 7.15. The largest absolute Gasteiger partial charge is 0.494 e. The van der Waals surface area contributed by atoms with Gasteiger partial charge in [0.25, 0.3) is 5.91 Å². The molecule has 1 aliphatic rings. The Labute approximate surface area is 205 Å². The summed E-state index contributed by atoms with van der Waals surface area (Å²) in [5.41, 5.74) is 2.35. The molecule has 0 aromatic carbocycles. The molecule has 3 aromatic rings. The van der Waals surface area contributed by atoms with Crippen molar-refractivity contribution in [3.63, 3.8) is 0 Å². The molecule has 11 heteroatoms. The summed E-state index contributed by atoms with van der Waals surface area (Å²) in [7, 11) is 2.95. The number of carbonyl (C=O) groups is 2. The standard InChI is InChI=1S/C23H24ClN5O4S/c1-12-8-15(16-9-19(24)26-11-18(16)32-2)17(10-25-12)20(30)27-23-29-28-21(34-23)13-4-6-14(7-5-13)22(31)33-3/h8-11,13-14H,4-7H2,1-3H3,(H,27,29,30)/t13-,14-. The van der Waals surface area contributed by atoms with Gasteiger partial charge in [0.05, 0.1) is 31.9 Å². The van der Waals surface area contributed by atoms with Crippen LogP contribution in [-0.4, -0.2) is 46.3 Å². The highest BCUT2D eigenvalue weighted by Crippen LogP contribution is 2.38. The zero-order valence-electron chi connectivity index (χ0n) is 19.0. The molecule has 0 bridgehead atoms. The number of halogens is 1. The summed E-state index contributed by atoms with van der Waals surface area (Å²) in [6.45, 7) is 1.84. The maximum atomic E-state index is 13.2. The van der Waals surface area contributed by atoms with Crippen LogP contribution in [0.15, 0.2) is 24.5 Å². The van der Waals surface area contributed by atoms with Gasteiger partial charge in [0.2, 0.25) is 5.13 Å². The topological polar surface area (TPSA) is 116 Å². The molecule has 178 valence electrons. The summed E-state index contributed by atoms with van der Waals surface area (Å²) in [4.78, 5) is 33.3. The van der Waals surface area contributed by atoms with Crippen molar-refractivity contribution in [1.29, 1.82) is 0 Å². The quantitative estimate of drug-likeness (QED) is 0.382. The van der Waals surface area contributed by atoms with E-state index in [-0.39, 0.29) is 28.9 Å². The lowest BCUT2D eigenvalue weighted by molar-refractivity contribution is -0.146. The molecule has 3 heterocycles. The second-order valence-corrected chi connectivity index (χ2v) is 9.45. The molecule has 4 rings (SSSR count). The number of esters is 1. The lowest BCUT2D eigenvalue weighted by Crippen LogP contribution is -2.22. The molecular weight excluding hydrogens is 478 g/mol. The first-order valence-electron chi connectivity index (χ1n) is 10.8. The van der Waals surface area contributed by atoms with Crippen molar-refractivity contribution in [1.82, 2.24) is 20.2 Å². The van der Waals surface area contributed by atoms with Gasteiger partial charge in [0, 0.05) is 28.9 Å². The lowest BCUT2D eigenvalue weighted by atomic mass is 9.82. The molecule has 0 unspecified atom stereocenters. The Morgan fingerprint density at radius 2 is 1.82 bits per heavy atom. The minimum absolute atomic E-state index is 0.0560. The van der Waals surface area contributed by atoms with E-state index in [4.69, 9.17) is 21.1 Å². The minimum Gasteiger partial charge on any atom is -0.494 e. The van der Waals surface area contributed by atoms with E-state index in [2.05, 4.69) is 25.5 Å². The zero-order chi connectivity index (χ0) is 24.2. The number of aryl methyl sites for hydroxylation is 1. The Kier molecular flexibility index (Phi) is 7.38. The van der Waals surface area contributed by atoms with E-state index < -0.39 is 0 Å². The van der Waals surface area contributed by atoms with E-state index in [0.29, 0.717) is 27.6 Å². The van der Waals surface area contributed by atoms with E-state index in [1.807, 2.05) is 6.92 Å². The summed E-state index contributed by atoms with van der Waals surface area (Å²) in [6, 6.07) is 3.45. The molecular formula is C23H24ClN5O4S. The lowest BCUT2D eigenvalue weighted by Gasteiger charge is -2.24. The van der Waals surface area contributed by atoms with Crippen LogP contribution in [0, 0.1) is 12.8 Å². The van der Waals surface area contributed by atoms with E-state index in [1.165, 1.54) is 38.0 Å². The van der Waals surface area contributed by atoms with Gasteiger partial charge >= 0.3 is 5.97 Å². The van der Waals surface area contributed by atoms with Crippen LogP contribution in [-0.2, 0) is 9.53 Å². The van der Waals surface area contributed by atoms with Crippen LogP contribution in [0.1, 0.15) is 52.7 Å². The number of hydrogen-bond acceptors (Lipinski definition) is 9. The van der Waals surface area contributed by atoms with Crippen LogP contribution in [0.4, 0.5) is 5.13 Å². The molecule has 1 aliphatic carbocycles. The first kappa shape index (κ1) is 24.0. The van der Waals surface area contributed by atoms with E-state index in [0.717, 1.165) is 36.4 Å². The Balaban J connectivity index is 1.52. The van der Waals surface area contributed by atoms with Crippen LogP contribution in [0.5, 0.6) is 5.75 Å². The fourth-order valence-electron chi connectivity index (χ4n) is 4.11. The summed E-state index contributed by atoms with van der Waals surface area (Å²) in [6.07, 6.45) is 6.21. The number of amides is 1. The van der Waals surface area contributed by atoms with Crippen molar-refractivity contribution in [3.05, 3.63) is 45.9 Å². The van der Waals surface area contributed by atoms with Gasteiger partial charge in [-0.15, -0.1) is 10.2 Å². The van der Waals surface area contributed by atoms with Crippen molar-refractivity contribution in [2.24, 2.45) is 5.92 Å². The van der Waals surface area contributed by atoms with Crippen LogP contribution in [0.25, 0.3) is 11.1 Å². The number of ether oxygens (including phenoxy) is 2. The molecule has 1 saturated carbocycles. The van der Waals surface area contributed by atoms with E-state index >= 15 is 0 Å². The second-order valence-electron chi connectivity index (χ2n) is 8.05. The molecule has 0 saturated heterocycles. The van der Waals surface area contributed by atoms with Crippen molar-refractivity contribution < 1.29 is 19.1 Å². The summed E-state index contributed by atoms with van der Waals surface area (Å²) in [5, 5.41) is 12.8. The average Bonchev–Trinajstić information content (AvgIpc) is 3.31. The average molecular weight is 502 g/mol. The Hall–Kier alpha value is -3.11. The number of nitrogens with one attached hydrogen (secondary N) is 1. The molecule has 0 spiro atoms. The van der Waals surface area contributed by atoms with Crippen molar-refractivity contribution in [2.45, 2.75) is 38.5 Å². The first-order chi connectivity index (χ1) is 16.4. The number of nitrogens with zero attached hydrogens (tertiary/aromatic N) is 4. The normalized spacial score (nSPS) is 17.8. The summed E-state index contributed by atoms with van der Waals surface area (Å²) < 4.78 is 10.3. The van der Waals surface area contributed by atoms with Gasteiger partial charge in [-0.3, -0.25) is 19.9 Å². The number of hydrogen-bond donors (Lipinski definition) is 1. The van der Waals surface area contributed by atoms with Gasteiger partial charge in [-0.05, 0) is 44.7 Å². The molecule has 3 aromatic heterocycles. The van der Waals surface area contributed by atoms with Crippen molar-refractivity contribution in [3.8, 4) is 16.9 Å². The third-order valence-corrected chi connectivity index (χ3v) is 7.11. The van der Waals surface area contributed by atoms with Gasteiger partial charge in [-0.25, -0.2) is 4.98 Å². The molecule has 34 heavy (non-hydrogen) atoms. The summed E-state index contributed by atoms with van der Waals surface area (Å²) >= 11 is 7.46. The molecule has 0 radical (unpaired) electrons. The number of anilines is 1. The predicted octanol–water partition coefficient (Wildman–Crippen LogP) is 4.66. The fraction of sp³-hybridized carbons (Fsp3) is 0.391. The van der Waals surface area contributed by atoms with Crippen LogP contribution in [0.3, 0.4) is 0 Å². The third kappa shape index (κ3) is 5.18. The van der Waals surface area contributed by atoms with Gasteiger partial charge < -0.3 is 9.47 Å². The van der Waals surface area contributed by atoms with Crippen LogP contribution >= 0.6 is 22.9 Å². The van der Waals surface area contributed by atoms with Crippen LogP contribution < -0.4 is 10.1 Å². The van der Waals surface area contributed by atoms with Gasteiger partial charge in [-0.2, -0.15) is 0 Å². The number of pyridine rings is 2. The minimum atomic E-state index is -0.366. The maximum Gasteiger partial charge on any atom is 0.308 e. The molecule has 0 atom stereocenters. The number of aromatic nitrogens is 4. The zero-order valence-corrected chi connectivity index (χ0v) is 20.6. The third-order valence-electron chi connectivity index (χ3n) is 5.90. The van der Waals surface area contributed by atoms with Crippen LogP contribution in [0.2, 0.25) is 5.15 Å². The fourth-order valence-corrected chi connectivity index (χ4v) is 5.18. The van der Waals surface area contributed by atoms with E-state index in [1.54, 1.807) is 12.1 Å². The predicted molar refractivity (Wildman–Crippen MR) is 128 cm³/mol. The number of methoxy groups -OCH3 is 2. The smallest absolute Gasteiger partial charge is 0.308 e. The maximum absolute atomic E-state index is 13.2. The molecule has 9 nitrogen and oxygen atoms in total. The second kappa shape index (κ2) is 10.4. The molecule has 0 aliphatic heterocycles. The highest BCUT2D eigenvalue weighted by atomic mass is 35.5. The first-order valence-corrected chi connectivity index (χ1v) is 12.0. The monoisotopic (exact) mass is 501 g/mol.